The standard InChI is InChI=1S/C28H29N5O3S2/c1-38(34,35)14-12-29-17-27-31-18-28(37-27)33-13-11-22-15-30-16-26(25(22)19-33)32-23-7-9-24(10-8-23)36-20-21-5-3-2-4-6-21/h2-11,13,15-16,18-19,29-30,32H,12,14,17,20H2,1H3. The lowest BCUT2D eigenvalue weighted by Crippen LogP contribution is -2.21. The molecule has 1 aromatic heterocycles. The van der Waals surface area contributed by atoms with Gasteiger partial charge in [0, 0.05) is 61.0 Å². The third-order valence-electron chi connectivity index (χ3n) is 5.85. The molecule has 0 saturated heterocycles. The lowest BCUT2D eigenvalue weighted by molar-refractivity contribution is 0.306. The van der Waals surface area contributed by atoms with Crippen molar-refractivity contribution in [3.05, 3.63) is 119 Å². The van der Waals surface area contributed by atoms with Crippen LogP contribution in [0.3, 0.4) is 0 Å². The molecule has 2 aliphatic heterocycles. The van der Waals surface area contributed by atoms with Gasteiger partial charge in [-0.25, -0.2) is 13.4 Å². The minimum Gasteiger partial charge on any atom is -0.489 e. The molecule has 0 saturated carbocycles. The first-order chi connectivity index (χ1) is 18.4. The summed E-state index contributed by atoms with van der Waals surface area (Å²) in [6.45, 7) is 1.46. The van der Waals surface area contributed by atoms with Crippen molar-refractivity contribution in [2.75, 3.05) is 28.8 Å². The number of hydrogen-bond acceptors (Lipinski definition) is 9. The van der Waals surface area contributed by atoms with E-state index < -0.39 is 9.84 Å². The summed E-state index contributed by atoms with van der Waals surface area (Å²) in [5.41, 5.74) is 5.15. The van der Waals surface area contributed by atoms with Gasteiger partial charge in [-0.05, 0) is 35.9 Å². The predicted molar refractivity (Wildman–Crippen MR) is 153 cm³/mol. The van der Waals surface area contributed by atoms with Gasteiger partial charge < -0.3 is 25.6 Å². The number of rotatable bonds is 11. The fourth-order valence-corrected chi connectivity index (χ4v) is 5.24. The molecule has 5 rings (SSSR count). The van der Waals surface area contributed by atoms with E-state index in [1.807, 2.05) is 84.3 Å². The Labute approximate surface area is 227 Å². The maximum atomic E-state index is 11.3. The number of hydrogen-bond donors (Lipinski definition) is 3. The van der Waals surface area contributed by atoms with Crippen molar-refractivity contribution in [3.63, 3.8) is 0 Å². The van der Waals surface area contributed by atoms with E-state index in [2.05, 4.69) is 33.2 Å². The number of allylic oxidation sites excluding steroid dienone is 2. The third kappa shape index (κ3) is 6.91. The number of dihydropyridines is 1. The van der Waals surface area contributed by atoms with E-state index in [-0.39, 0.29) is 5.75 Å². The van der Waals surface area contributed by atoms with E-state index in [0.717, 1.165) is 43.9 Å². The molecule has 0 spiro atoms. The Morgan fingerprint density at radius 1 is 1.08 bits per heavy atom. The van der Waals surface area contributed by atoms with E-state index in [1.165, 1.54) is 6.26 Å². The zero-order chi connectivity index (χ0) is 26.4. The third-order valence-corrected chi connectivity index (χ3v) is 7.81. The number of ether oxygens (including phenoxy) is 1. The van der Waals surface area contributed by atoms with Crippen molar-refractivity contribution >= 4 is 31.9 Å². The first kappa shape index (κ1) is 25.8. The van der Waals surface area contributed by atoms with E-state index in [0.29, 0.717) is 19.7 Å². The molecule has 0 aliphatic carbocycles. The number of nitrogens with zero attached hydrogens (tertiary/aromatic N) is 2. The van der Waals surface area contributed by atoms with Crippen LogP contribution in [0.2, 0.25) is 0 Å². The molecular formula is C28H29N5O3S2. The molecule has 0 radical (unpaired) electrons. The SMILES string of the molecule is CS(=O)(=O)CCNCc1ncc(N2C=CC3=CNC=C(Nc4ccc(OCc5ccccc5)cc4)C3=C2)s1. The summed E-state index contributed by atoms with van der Waals surface area (Å²) in [4.78, 5) is 6.54. The molecule has 2 aliphatic rings. The highest BCUT2D eigenvalue weighted by atomic mass is 32.2. The maximum absolute atomic E-state index is 11.3. The Kier molecular flexibility index (Phi) is 7.92. The van der Waals surface area contributed by atoms with Gasteiger partial charge in [0.15, 0.2) is 0 Å². The molecule has 0 amide bonds. The van der Waals surface area contributed by atoms with E-state index in [4.69, 9.17) is 4.74 Å². The van der Waals surface area contributed by atoms with Crippen molar-refractivity contribution in [3.8, 4) is 5.75 Å². The van der Waals surface area contributed by atoms with Crippen molar-refractivity contribution in [2.24, 2.45) is 0 Å². The minimum absolute atomic E-state index is 0.112. The molecule has 0 bridgehead atoms. The Morgan fingerprint density at radius 2 is 1.89 bits per heavy atom. The van der Waals surface area contributed by atoms with Gasteiger partial charge >= 0.3 is 0 Å². The molecule has 2 aromatic carbocycles. The largest absolute Gasteiger partial charge is 0.489 e. The number of thiazole rings is 1. The van der Waals surface area contributed by atoms with Gasteiger partial charge in [-0.1, -0.05) is 41.7 Å². The Morgan fingerprint density at radius 3 is 2.68 bits per heavy atom. The summed E-state index contributed by atoms with van der Waals surface area (Å²) in [5.74, 6) is 0.925. The van der Waals surface area contributed by atoms with Crippen molar-refractivity contribution in [2.45, 2.75) is 13.2 Å². The van der Waals surface area contributed by atoms with Crippen molar-refractivity contribution in [1.82, 2.24) is 15.6 Å². The van der Waals surface area contributed by atoms with Gasteiger partial charge in [-0.15, -0.1) is 0 Å². The number of nitrogens with one attached hydrogen (secondary N) is 3. The fourth-order valence-electron chi connectivity index (χ4n) is 3.88. The highest BCUT2D eigenvalue weighted by Crippen LogP contribution is 2.33. The van der Waals surface area contributed by atoms with Crippen LogP contribution in [-0.4, -0.2) is 32.0 Å². The van der Waals surface area contributed by atoms with Crippen molar-refractivity contribution < 1.29 is 13.2 Å². The lowest BCUT2D eigenvalue weighted by Gasteiger charge is -2.26. The zero-order valence-corrected chi connectivity index (χ0v) is 22.6. The van der Waals surface area contributed by atoms with Crippen LogP contribution in [0, 0.1) is 0 Å². The summed E-state index contributed by atoms with van der Waals surface area (Å²) >= 11 is 1.56. The fraction of sp³-hybridized carbons (Fsp3) is 0.179. The molecule has 196 valence electrons. The highest BCUT2D eigenvalue weighted by molar-refractivity contribution is 7.90. The van der Waals surface area contributed by atoms with Crippen LogP contribution >= 0.6 is 11.3 Å². The summed E-state index contributed by atoms with van der Waals surface area (Å²) < 4.78 is 28.5. The number of sulfone groups is 1. The predicted octanol–water partition coefficient (Wildman–Crippen LogP) is 4.51. The van der Waals surface area contributed by atoms with Gasteiger partial charge in [0.25, 0.3) is 0 Å². The molecule has 38 heavy (non-hydrogen) atoms. The van der Waals surface area contributed by atoms with Crippen LogP contribution < -0.4 is 25.6 Å². The van der Waals surface area contributed by atoms with Crippen LogP contribution in [-0.2, 0) is 23.0 Å². The van der Waals surface area contributed by atoms with Gasteiger partial charge in [-0.2, -0.15) is 0 Å². The van der Waals surface area contributed by atoms with E-state index >= 15 is 0 Å². The monoisotopic (exact) mass is 547 g/mol. The summed E-state index contributed by atoms with van der Waals surface area (Å²) in [6.07, 6.45) is 13.1. The van der Waals surface area contributed by atoms with Crippen LogP contribution in [0.4, 0.5) is 10.7 Å². The van der Waals surface area contributed by atoms with Crippen LogP contribution in [0.1, 0.15) is 10.6 Å². The molecule has 0 unspecified atom stereocenters. The molecule has 3 aromatic rings. The first-order valence-corrected chi connectivity index (χ1v) is 15.0. The lowest BCUT2D eigenvalue weighted by atomic mass is 10.0. The second kappa shape index (κ2) is 11.7. The van der Waals surface area contributed by atoms with Crippen LogP contribution in [0.15, 0.2) is 109 Å². The topological polar surface area (TPSA) is 95.6 Å². The van der Waals surface area contributed by atoms with Crippen LogP contribution in [0.5, 0.6) is 5.75 Å². The molecule has 8 nitrogen and oxygen atoms in total. The summed E-state index contributed by atoms with van der Waals surface area (Å²) in [5, 5.41) is 11.7. The second-order valence-corrected chi connectivity index (χ2v) is 12.3. The number of benzene rings is 2. The molecule has 3 N–H and O–H groups in total. The molecular weight excluding hydrogens is 518 g/mol. The van der Waals surface area contributed by atoms with Gasteiger partial charge in [0.1, 0.15) is 32.2 Å². The Bertz CT molecular complexity index is 1490. The Balaban J connectivity index is 1.21. The quantitative estimate of drug-likeness (QED) is 0.302. The molecule has 10 heteroatoms. The number of fused-ring (bicyclic) bond motifs is 1. The van der Waals surface area contributed by atoms with Gasteiger partial charge in [-0.3, -0.25) is 0 Å². The smallest absolute Gasteiger partial charge is 0.148 e. The summed E-state index contributed by atoms with van der Waals surface area (Å²) in [6, 6.07) is 18.0. The first-order valence-electron chi connectivity index (χ1n) is 12.2. The van der Waals surface area contributed by atoms with Crippen LogP contribution in [0.25, 0.3) is 0 Å². The average molecular weight is 548 g/mol. The van der Waals surface area contributed by atoms with Crippen molar-refractivity contribution in [1.29, 1.82) is 0 Å². The average Bonchev–Trinajstić information content (AvgIpc) is 3.40. The maximum Gasteiger partial charge on any atom is 0.148 e. The summed E-state index contributed by atoms with van der Waals surface area (Å²) in [7, 11) is -2.98. The van der Waals surface area contributed by atoms with E-state index in [9.17, 15) is 8.42 Å². The second-order valence-electron chi connectivity index (χ2n) is 8.91. The number of anilines is 2. The minimum atomic E-state index is -2.98. The Hall–Kier alpha value is -3.86. The van der Waals surface area contributed by atoms with Gasteiger partial charge in [0.2, 0.25) is 0 Å². The molecule has 0 atom stereocenters. The van der Waals surface area contributed by atoms with E-state index in [1.54, 1.807) is 11.3 Å². The molecule has 0 fully saturated rings. The zero-order valence-electron chi connectivity index (χ0n) is 20.9. The van der Waals surface area contributed by atoms with Gasteiger partial charge in [0.05, 0.1) is 17.6 Å². The number of aromatic nitrogens is 1. The highest BCUT2D eigenvalue weighted by Gasteiger charge is 2.19. The molecule has 3 heterocycles. The normalized spacial score (nSPS) is 14.7.